The van der Waals surface area contributed by atoms with Crippen molar-refractivity contribution in [1.29, 1.82) is 5.41 Å². The number of benzene rings is 4. The summed E-state index contributed by atoms with van der Waals surface area (Å²) in [5.41, 5.74) is 7.10. The number of carboxylic acid groups (broad SMARTS) is 1. The van der Waals surface area contributed by atoms with Crippen LogP contribution in [0.15, 0.2) is 91.0 Å². The summed E-state index contributed by atoms with van der Waals surface area (Å²) < 4.78 is 0. The van der Waals surface area contributed by atoms with Gasteiger partial charge in [0, 0.05) is 12.1 Å². The molecule has 1 fully saturated rings. The van der Waals surface area contributed by atoms with Crippen LogP contribution in [0.2, 0.25) is 0 Å². The first-order valence-electron chi connectivity index (χ1n) is 12.1. The molecule has 1 aliphatic rings. The van der Waals surface area contributed by atoms with Gasteiger partial charge in [-0.15, -0.1) is 0 Å². The molecule has 4 aromatic carbocycles. The van der Waals surface area contributed by atoms with E-state index in [9.17, 15) is 19.5 Å². The number of nitrogens with zero attached hydrogens (tertiary/aromatic N) is 2. The summed E-state index contributed by atoms with van der Waals surface area (Å²) >= 11 is 0. The van der Waals surface area contributed by atoms with Gasteiger partial charge in [-0.25, -0.2) is 9.59 Å². The van der Waals surface area contributed by atoms with Gasteiger partial charge in [-0.2, -0.15) is 0 Å². The number of fused-ring (bicyclic) bond motifs is 1. The lowest BCUT2D eigenvalue weighted by Gasteiger charge is -2.32. The highest BCUT2D eigenvalue weighted by Crippen LogP contribution is 2.39. The van der Waals surface area contributed by atoms with E-state index in [1.807, 2.05) is 60.7 Å². The fourth-order valence-corrected chi connectivity index (χ4v) is 4.94. The number of carbonyl (C=O) groups excluding carboxylic acids is 2. The molecule has 8 heteroatoms. The second-order valence-electron chi connectivity index (χ2n) is 9.51. The van der Waals surface area contributed by atoms with Gasteiger partial charge in [0.1, 0.15) is 11.4 Å². The molecular formula is C30H26N4O4. The quantitative estimate of drug-likeness (QED) is 0.190. The van der Waals surface area contributed by atoms with E-state index in [4.69, 9.17) is 11.1 Å². The first kappa shape index (κ1) is 24.7. The molecular weight excluding hydrogens is 480 g/mol. The van der Waals surface area contributed by atoms with Crippen molar-refractivity contribution in [1.82, 2.24) is 9.80 Å². The number of amides is 3. The molecule has 1 heterocycles. The number of nitrogens with one attached hydrogen (secondary N) is 1. The number of hydrogen-bond acceptors (Lipinski definition) is 4. The molecule has 1 aliphatic heterocycles. The normalized spacial score (nSPS) is 17.3. The van der Waals surface area contributed by atoms with Crippen LogP contribution in [-0.4, -0.2) is 38.6 Å². The van der Waals surface area contributed by atoms with Crippen LogP contribution in [0, 0.1) is 5.41 Å². The van der Waals surface area contributed by atoms with Gasteiger partial charge < -0.3 is 15.7 Å². The number of imide groups is 1. The molecule has 0 spiro atoms. The van der Waals surface area contributed by atoms with Gasteiger partial charge in [0.05, 0.1) is 12.1 Å². The molecule has 1 unspecified atom stereocenters. The van der Waals surface area contributed by atoms with E-state index in [1.54, 1.807) is 25.1 Å². The number of nitrogen functional groups attached to an aromatic ring is 1. The minimum atomic E-state index is -1.28. The van der Waals surface area contributed by atoms with E-state index >= 15 is 0 Å². The Bertz CT molecular complexity index is 1600. The van der Waals surface area contributed by atoms with Crippen molar-refractivity contribution in [3.8, 4) is 0 Å². The molecule has 3 amide bonds. The number of carbonyl (C=O) groups is 3. The molecule has 0 saturated carbocycles. The van der Waals surface area contributed by atoms with Gasteiger partial charge in [-0.1, -0.05) is 66.7 Å². The molecule has 4 N–H and O–H groups in total. The monoisotopic (exact) mass is 506 g/mol. The van der Waals surface area contributed by atoms with Crippen molar-refractivity contribution < 1.29 is 19.5 Å². The second-order valence-corrected chi connectivity index (χ2v) is 9.51. The Balaban J connectivity index is 1.53. The molecule has 0 radical (unpaired) electrons. The molecule has 4 aromatic rings. The third-order valence-corrected chi connectivity index (χ3v) is 7.07. The molecule has 8 nitrogen and oxygen atoms in total. The summed E-state index contributed by atoms with van der Waals surface area (Å²) in [5, 5.41) is 18.9. The Kier molecular flexibility index (Phi) is 6.16. The highest BCUT2D eigenvalue weighted by molar-refractivity contribution is 6.07. The van der Waals surface area contributed by atoms with Crippen LogP contribution in [0.3, 0.4) is 0 Å². The number of carboxylic acids is 1. The fraction of sp³-hybridized carbons (Fsp3) is 0.133. The number of hydrogen-bond donors (Lipinski definition) is 3. The van der Waals surface area contributed by atoms with Crippen LogP contribution in [0.25, 0.3) is 10.8 Å². The highest BCUT2D eigenvalue weighted by atomic mass is 16.4. The molecule has 5 rings (SSSR count). The van der Waals surface area contributed by atoms with Crippen LogP contribution >= 0.6 is 0 Å². The third-order valence-electron chi connectivity index (χ3n) is 7.07. The molecule has 1 saturated heterocycles. The maximum absolute atomic E-state index is 13.9. The van der Waals surface area contributed by atoms with E-state index in [1.165, 1.54) is 21.9 Å². The molecule has 38 heavy (non-hydrogen) atoms. The zero-order valence-corrected chi connectivity index (χ0v) is 20.7. The number of nitrogens with two attached hydrogens (primary N) is 1. The van der Waals surface area contributed by atoms with Crippen molar-refractivity contribution >= 4 is 34.5 Å². The zero-order chi connectivity index (χ0) is 27.0. The molecule has 1 atom stereocenters. The predicted octanol–water partition coefficient (Wildman–Crippen LogP) is 4.70. The van der Waals surface area contributed by atoms with Gasteiger partial charge in [-0.3, -0.25) is 15.1 Å². The van der Waals surface area contributed by atoms with Crippen molar-refractivity contribution in [2.45, 2.75) is 25.6 Å². The Labute approximate surface area is 219 Å². The minimum absolute atomic E-state index is 0.0385. The summed E-state index contributed by atoms with van der Waals surface area (Å²) in [6.45, 7) is 1.85. The Morgan fingerprint density at radius 2 is 1.55 bits per heavy atom. The summed E-state index contributed by atoms with van der Waals surface area (Å²) in [4.78, 5) is 42.0. The topological polar surface area (TPSA) is 128 Å². The number of urea groups is 1. The van der Waals surface area contributed by atoms with Crippen molar-refractivity contribution in [2.75, 3.05) is 0 Å². The first-order chi connectivity index (χ1) is 18.2. The van der Waals surface area contributed by atoms with Gasteiger partial charge in [0.25, 0.3) is 5.91 Å². The SMILES string of the molecule is CC1(c2ccccc2)C(=O)N(Cc2ccc3ccc(C(=N)N)cc3c2)C(=O)N1Cc1cccc(C(=O)O)c1. The second kappa shape index (κ2) is 9.48. The van der Waals surface area contributed by atoms with E-state index in [2.05, 4.69) is 0 Å². The standard InChI is InChI=1S/C30H26N4O4/c1-30(25-8-3-2-4-9-25)28(37)33(29(38)34(30)18-19-6-5-7-23(14-19)27(35)36)17-20-10-11-21-12-13-22(26(31)32)16-24(21)15-20/h2-16H,17-18H2,1H3,(H3,31,32)(H,35,36). The van der Waals surface area contributed by atoms with Crippen LogP contribution in [0.1, 0.15) is 39.5 Å². The van der Waals surface area contributed by atoms with E-state index in [-0.39, 0.29) is 30.4 Å². The zero-order valence-electron chi connectivity index (χ0n) is 20.7. The first-order valence-corrected chi connectivity index (χ1v) is 12.1. The maximum atomic E-state index is 13.9. The average molecular weight is 507 g/mol. The Morgan fingerprint density at radius 1 is 0.842 bits per heavy atom. The number of aromatic carboxylic acids is 1. The summed E-state index contributed by atoms with van der Waals surface area (Å²) in [6.07, 6.45) is 0. The molecule has 0 aromatic heterocycles. The Morgan fingerprint density at radius 3 is 2.26 bits per heavy atom. The maximum Gasteiger partial charge on any atom is 0.335 e. The molecule has 0 bridgehead atoms. The number of amidine groups is 1. The Hall–Kier alpha value is -4.98. The number of rotatable bonds is 7. The largest absolute Gasteiger partial charge is 0.478 e. The van der Waals surface area contributed by atoms with Gasteiger partial charge in [0.2, 0.25) is 0 Å². The summed E-state index contributed by atoms with van der Waals surface area (Å²) in [6, 6.07) is 26.2. The van der Waals surface area contributed by atoms with Crippen molar-refractivity contribution in [2.24, 2.45) is 5.73 Å². The fourth-order valence-electron chi connectivity index (χ4n) is 4.94. The lowest BCUT2D eigenvalue weighted by molar-refractivity contribution is -0.133. The lowest BCUT2D eigenvalue weighted by atomic mass is 9.90. The van der Waals surface area contributed by atoms with E-state index < -0.39 is 17.5 Å². The summed E-state index contributed by atoms with van der Waals surface area (Å²) in [7, 11) is 0. The van der Waals surface area contributed by atoms with Gasteiger partial charge in [-0.05, 0) is 58.7 Å². The van der Waals surface area contributed by atoms with Crippen molar-refractivity contribution in [3.05, 3.63) is 119 Å². The van der Waals surface area contributed by atoms with Crippen molar-refractivity contribution in [3.63, 3.8) is 0 Å². The van der Waals surface area contributed by atoms with Crippen LogP contribution in [0.4, 0.5) is 4.79 Å². The third kappa shape index (κ3) is 4.26. The smallest absolute Gasteiger partial charge is 0.335 e. The van der Waals surface area contributed by atoms with E-state index in [0.29, 0.717) is 16.7 Å². The molecule has 0 aliphatic carbocycles. The average Bonchev–Trinajstić information content (AvgIpc) is 3.10. The summed E-state index contributed by atoms with van der Waals surface area (Å²) in [5.74, 6) is -1.46. The molecule has 190 valence electrons. The van der Waals surface area contributed by atoms with Crippen LogP contribution in [-0.2, 0) is 23.4 Å². The van der Waals surface area contributed by atoms with Crippen LogP contribution in [0.5, 0.6) is 0 Å². The van der Waals surface area contributed by atoms with Crippen LogP contribution < -0.4 is 5.73 Å². The van der Waals surface area contributed by atoms with Gasteiger partial charge >= 0.3 is 12.0 Å². The predicted molar refractivity (Wildman–Crippen MR) is 144 cm³/mol. The highest BCUT2D eigenvalue weighted by Gasteiger charge is 2.55. The van der Waals surface area contributed by atoms with E-state index in [0.717, 1.165) is 16.3 Å². The minimum Gasteiger partial charge on any atom is -0.478 e. The lowest BCUT2D eigenvalue weighted by Crippen LogP contribution is -2.43. The van der Waals surface area contributed by atoms with Gasteiger partial charge in [0.15, 0.2) is 0 Å².